The zero-order chi connectivity index (χ0) is 17.8. The number of carbonyl (C=O) groups is 1. The first-order valence-electron chi connectivity index (χ1n) is 7.67. The molecule has 2 aromatic heterocycles. The van der Waals surface area contributed by atoms with Crippen LogP contribution in [-0.4, -0.2) is 25.9 Å². The lowest BCUT2D eigenvalue weighted by Gasteiger charge is -2.12. The van der Waals surface area contributed by atoms with Gasteiger partial charge in [-0.05, 0) is 30.5 Å². The largest absolute Gasteiger partial charge is 0.324 e. The van der Waals surface area contributed by atoms with E-state index in [1.807, 2.05) is 42.1 Å². The highest BCUT2D eigenvalue weighted by molar-refractivity contribution is 8.00. The van der Waals surface area contributed by atoms with E-state index in [9.17, 15) is 4.79 Å². The van der Waals surface area contributed by atoms with E-state index in [2.05, 4.69) is 21.6 Å². The van der Waals surface area contributed by atoms with Crippen LogP contribution in [0.4, 0.5) is 5.69 Å². The third-order valence-corrected chi connectivity index (χ3v) is 5.96. The third-order valence-electron chi connectivity index (χ3n) is 3.62. The number of carbonyl (C=O) groups excluding carboxylic acids is 1. The summed E-state index contributed by atoms with van der Waals surface area (Å²) in [5.74, 6) is 0.754. The van der Waals surface area contributed by atoms with Gasteiger partial charge in [0, 0.05) is 18.3 Å². The molecular formula is C17H17ClN4OS2. The maximum absolute atomic E-state index is 12.4. The van der Waals surface area contributed by atoms with Crippen molar-refractivity contribution in [1.29, 1.82) is 0 Å². The van der Waals surface area contributed by atoms with Gasteiger partial charge in [0.2, 0.25) is 5.91 Å². The lowest BCUT2D eigenvalue weighted by atomic mass is 10.3. The zero-order valence-electron chi connectivity index (χ0n) is 13.8. The van der Waals surface area contributed by atoms with E-state index in [1.165, 1.54) is 16.6 Å². The fourth-order valence-corrected chi connectivity index (χ4v) is 3.90. The Morgan fingerprint density at radius 2 is 2.12 bits per heavy atom. The van der Waals surface area contributed by atoms with E-state index in [0.29, 0.717) is 15.9 Å². The Morgan fingerprint density at radius 3 is 2.84 bits per heavy atom. The third kappa shape index (κ3) is 4.42. The predicted molar refractivity (Wildman–Crippen MR) is 104 cm³/mol. The number of nitrogens with one attached hydrogen (secondary N) is 1. The predicted octanol–water partition coefficient (Wildman–Crippen LogP) is 4.24. The molecule has 130 valence electrons. The molecule has 0 radical (unpaired) electrons. The highest BCUT2D eigenvalue weighted by atomic mass is 35.5. The first kappa shape index (κ1) is 18.0. The molecular weight excluding hydrogens is 376 g/mol. The molecule has 1 amide bonds. The van der Waals surface area contributed by atoms with Gasteiger partial charge in [0.25, 0.3) is 0 Å². The van der Waals surface area contributed by atoms with Gasteiger partial charge in [0.05, 0.1) is 16.0 Å². The van der Waals surface area contributed by atoms with Gasteiger partial charge in [0.1, 0.15) is 5.82 Å². The van der Waals surface area contributed by atoms with Crippen molar-refractivity contribution < 1.29 is 4.79 Å². The second kappa shape index (κ2) is 8.03. The first-order valence-corrected chi connectivity index (χ1v) is 9.81. The molecule has 0 bridgehead atoms. The van der Waals surface area contributed by atoms with Gasteiger partial charge in [-0.1, -0.05) is 41.6 Å². The Labute approximate surface area is 159 Å². The number of hydrogen-bond acceptors (Lipinski definition) is 5. The lowest BCUT2D eigenvalue weighted by Crippen LogP contribution is -2.23. The molecule has 0 saturated heterocycles. The summed E-state index contributed by atoms with van der Waals surface area (Å²) in [6, 6.07) is 11.3. The monoisotopic (exact) mass is 392 g/mol. The topological polar surface area (TPSA) is 59.8 Å². The number of para-hydroxylation sites is 1. The molecule has 0 aliphatic rings. The maximum atomic E-state index is 12.4. The van der Waals surface area contributed by atoms with Crippen LogP contribution in [0.25, 0.3) is 0 Å². The highest BCUT2D eigenvalue weighted by Crippen LogP contribution is 2.26. The van der Waals surface area contributed by atoms with Crippen molar-refractivity contribution in [3.05, 3.63) is 57.5 Å². The van der Waals surface area contributed by atoms with Crippen LogP contribution in [0, 0.1) is 0 Å². The number of rotatable bonds is 6. The lowest BCUT2D eigenvalue weighted by molar-refractivity contribution is -0.115. The standard InChI is InChI=1S/C17H17ClN4OS2/c1-11(16(23)19-14-8-4-3-7-13(14)18)25-17-21-20-15(22(17)2)10-12-6-5-9-24-12/h3-9,11H,10H2,1-2H3,(H,19,23)/t11-/m0/s1. The van der Waals surface area contributed by atoms with Crippen LogP contribution in [0.1, 0.15) is 17.6 Å². The number of hydrogen-bond donors (Lipinski definition) is 1. The summed E-state index contributed by atoms with van der Waals surface area (Å²) in [6.45, 7) is 1.84. The Morgan fingerprint density at radius 1 is 1.32 bits per heavy atom. The summed E-state index contributed by atoms with van der Waals surface area (Å²) in [5.41, 5.74) is 0.609. The number of halogens is 1. The van der Waals surface area contributed by atoms with Crippen LogP contribution in [-0.2, 0) is 18.3 Å². The van der Waals surface area contributed by atoms with E-state index in [0.717, 1.165) is 12.2 Å². The molecule has 25 heavy (non-hydrogen) atoms. The van der Waals surface area contributed by atoms with Crippen molar-refractivity contribution >= 4 is 46.3 Å². The normalized spacial score (nSPS) is 12.1. The quantitative estimate of drug-likeness (QED) is 0.637. The number of benzene rings is 1. The molecule has 2 heterocycles. The van der Waals surface area contributed by atoms with Crippen molar-refractivity contribution in [3.63, 3.8) is 0 Å². The van der Waals surface area contributed by atoms with Gasteiger partial charge in [-0.15, -0.1) is 21.5 Å². The zero-order valence-corrected chi connectivity index (χ0v) is 16.2. The molecule has 1 N–H and O–H groups in total. The SMILES string of the molecule is C[C@H](Sc1nnc(Cc2cccs2)n1C)C(=O)Nc1ccccc1Cl. The number of anilines is 1. The van der Waals surface area contributed by atoms with E-state index in [1.54, 1.807) is 23.5 Å². The highest BCUT2D eigenvalue weighted by Gasteiger charge is 2.19. The molecule has 0 aliphatic carbocycles. The van der Waals surface area contributed by atoms with Crippen molar-refractivity contribution in [2.75, 3.05) is 5.32 Å². The number of thiophene rings is 1. The summed E-state index contributed by atoms with van der Waals surface area (Å²) < 4.78 is 1.93. The minimum atomic E-state index is -0.325. The molecule has 3 rings (SSSR count). The van der Waals surface area contributed by atoms with Gasteiger partial charge in [0.15, 0.2) is 5.16 Å². The molecule has 0 saturated carbocycles. The Hall–Kier alpha value is -1.83. The summed E-state index contributed by atoms with van der Waals surface area (Å²) in [5, 5.41) is 14.3. The first-order chi connectivity index (χ1) is 12.0. The second-order valence-corrected chi connectivity index (χ2v) is 8.19. The van der Waals surface area contributed by atoms with Gasteiger partial charge in [-0.3, -0.25) is 4.79 Å². The molecule has 0 aliphatic heterocycles. The van der Waals surface area contributed by atoms with E-state index in [-0.39, 0.29) is 11.2 Å². The van der Waals surface area contributed by atoms with Crippen molar-refractivity contribution in [1.82, 2.24) is 14.8 Å². The minimum absolute atomic E-state index is 0.124. The maximum Gasteiger partial charge on any atom is 0.237 e. The molecule has 8 heteroatoms. The summed E-state index contributed by atoms with van der Waals surface area (Å²) in [6.07, 6.45) is 0.738. The number of aromatic nitrogens is 3. The van der Waals surface area contributed by atoms with Gasteiger partial charge >= 0.3 is 0 Å². The fourth-order valence-electron chi connectivity index (χ4n) is 2.18. The van der Waals surface area contributed by atoms with Crippen LogP contribution in [0.5, 0.6) is 0 Å². The molecule has 1 atom stereocenters. The van der Waals surface area contributed by atoms with Crippen molar-refractivity contribution in [2.45, 2.75) is 23.8 Å². The van der Waals surface area contributed by atoms with Crippen LogP contribution >= 0.6 is 34.7 Å². The van der Waals surface area contributed by atoms with Crippen LogP contribution in [0.2, 0.25) is 5.02 Å². The summed E-state index contributed by atoms with van der Waals surface area (Å²) in [7, 11) is 1.92. The molecule has 0 spiro atoms. The van der Waals surface area contributed by atoms with E-state index >= 15 is 0 Å². The number of nitrogens with zero attached hydrogens (tertiary/aromatic N) is 3. The molecule has 0 fully saturated rings. The minimum Gasteiger partial charge on any atom is -0.324 e. The number of amides is 1. The van der Waals surface area contributed by atoms with E-state index in [4.69, 9.17) is 11.6 Å². The number of thioether (sulfide) groups is 1. The van der Waals surface area contributed by atoms with Crippen LogP contribution in [0.15, 0.2) is 46.9 Å². The Bertz CT molecular complexity index is 863. The van der Waals surface area contributed by atoms with Crippen molar-refractivity contribution in [3.8, 4) is 0 Å². The van der Waals surface area contributed by atoms with Gasteiger partial charge < -0.3 is 9.88 Å². The van der Waals surface area contributed by atoms with E-state index < -0.39 is 0 Å². The molecule has 5 nitrogen and oxygen atoms in total. The Balaban J connectivity index is 1.64. The van der Waals surface area contributed by atoms with Crippen LogP contribution in [0.3, 0.4) is 0 Å². The van der Waals surface area contributed by atoms with Crippen LogP contribution < -0.4 is 5.32 Å². The Kier molecular flexibility index (Phi) is 5.78. The molecule has 0 unspecified atom stereocenters. The average Bonchev–Trinajstić information content (AvgIpc) is 3.22. The fraction of sp³-hybridized carbons (Fsp3) is 0.235. The van der Waals surface area contributed by atoms with Crippen molar-refractivity contribution in [2.24, 2.45) is 7.05 Å². The van der Waals surface area contributed by atoms with Gasteiger partial charge in [-0.25, -0.2) is 0 Å². The molecule has 1 aromatic carbocycles. The summed E-state index contributed by atoms with van der Waals surface area (Å²) in [4.78, 5) is 13.6. The van der Waals surface area contributed by atoms with Gasteiger partial charge in [-0.2, -0.15) is 0 Å². The smallest absolute Gasteiger partial charge is 0.237 e. The average molecular weight is 393 g/mol. The summed E-state index contributed by atoms with van der Waals surface area (Å²) >= 11 is 9.15. The molecule has 3 aromatic rings. The second-order valence-electron chi connectivity index (χ2n) is 5.44.